The Kier molecular flexibility index (Phi) is 3.77. The topological polar surface area (TPSA) is 37.8 Å². The zero-order valence-electron chi connectivity index (χ0n) is 8.15. The van der Waals surface area contributed by atoms with Crippen LogP contribution in [0.5, 0.6) is 0 Å². The van der Waals surface area contributed by atoms with Gasteiger partial charge in [0.15, 0.2) is 0 Å². The molecule has 0 saturated carbocycles. The van der Waals surface area contributed by atoms with Crippen molar-refractivity contribution < 1.29 is 0 Å². The van der Waals surface area contributed by atoms with Crippen LogP contribution in [0, 0.1) is 5.92 Å². The normalized spacial score (nSPS) is 21.3. The summed E-state index contributed by atoms with van der Waals surface area (Å²) in [5.74, 6) is 3.50. The van der Waals surface area contributed by atoms with E-state index in [1.165, 1.54) is 17.9 Å². The maximum absolute atomic E-state index is 4.21. The monoisotopic (exact) mass is 209 g/mol. The molecular weight excluding hydrogens is 194 g/mol. The van der Waals surface area contributed by atoms with Gasteiger partial charge < -0.3 is 5.32 Å². The minimum absolute atomic E-state index is 0.842. The van der Waals surface area contributed by atoms with E-state index in [0.29, 0.717) is 0 Å². The van der Waals surface area contributed by atoms with Crippen LogP contribution in [0.3, 0.4) is 0 Å². The smallest absolute Gasteiger partial charge is 0.0724 e. The fraction of sp³-hybridized carbons (Fsp3) is 0.600. The van der Waals surface area contributed by atoms with Crippen molar-refractivity contribution in [2.24, 2.45) is 5.92 Å². The molecule has 2 heterocycles. The summed E-state index contributed by atoms with van der Waals surface area (Å²) < 4.78 is 0. The SMILES string of the molecule is c1cnc(CNCC2CCSC2)cn1. The summed E-state index contributed by atoms with van der Waals surface area (Å²) >= 11 is 2.06. The average Bonchev–Trinajstić information content (AvgIpc) is 2.72. The van der Waals surface area contributed by atoms with Crippen molar-refractivity contribution in [2.75, 3.05) is 18.1 Å². The summed E-state index contributed by atoms with van der Waals surface area (Å²) in [6.07, 6.45) is 6.62. The molecule has 0 radical (unpaired) electrons. The molecule has 1 saturated heterocycles. The first-order valence-corrected chi connectivity index (χ1v) is 6.14. The summed E-state index contributed by atoms with van der Waals surface area (Å²) in [6, 6.07) is 0. The number of hydrogen-bond acceptors (Lipinski definition) is 4. The Hall–Kier alpha value is -0.610. The van der Waals surface area contributed by atoms with Gasteiger partial charge in [-0.15, -0.1) is 0 Å². The number of nitrogens with one attached hydrogen (secondary N) is 1. The summed E-state index contributed by atoms with van der Waals surface area (Å²) in [5.41, 5.74) is 1.03. The highest BCUT2D eigenvalue weighted by atomic mass is 32.2. The standard InChI is InChI=1S/C10H15N3S/c1-4-14-8-9(1)5-12-7-10-6-11-2-3-13-10/h2-3,6,9,12H,1,4-5,7-8H2. The molecule has 0 bridgehead atoms. The quantitative estimate of drug-likeness (QED) is 0.811. The van der Waals surface area contributed by atoms with Gasteiger partial charge in [0.25, 0.3) is 0 Å². The lowest BCUT2D eigenvalue weighted by Gasteiger charge is -2.08. The zero-order chi connectivity index (χ0) is 9.64. The number of nitrogens with zero attached hydrogens (tertiary/aromatic N) is 2. The van der Waals surface area contributed by atoms with Crippen molar-refractivity contribution in [2.45, 2.75) is 13.0 Å². The molecule has 2 rings (SSSR count). The van der Waals surface area contributed by atoms with Crippen molar-refractivity contribution in [1.29, 1.82) is 0 Å². The molecule has 3 nitrogen and oxygen atoms in total. The Bertz CT molecular complexity index is 259. The van der Waals surface area contributed by atoms with Crippen LogP contribution < -0.4 is 5.32 Å². The summed E-state index contributed by atoms with van der Waals surface area (Å²) in [4.78, 5) is 8.24. The Morgan fingerprint density at radius 3 is 3.21 bits per heavy atom. The molecule has 1 fully saturated rings. The highest BCUT2D eigenvalue weighted by molar-refractivity contribution is 7.99. The van der Waals surface area contributed by atoms with Gasteiger partial charge in [0, 0.05) is 25.1 Å². The molecule has 1 atom stereocenters. The Morgan fingerprint density at radius 1 is 1.50 bits per heavy atom. The van der Waals surface area contributed by atoms with E-state index in [2.05, 4.69) is 27.0 Å². The molecule has 0 amide bonds. The van der Waals surface area contributed by atoms with E-state index in [1.807, 2.05) is 6.20 Å². The minimum Gasteiger partial charge on any atom is -0.311 e. The van der Waals surface area contributed by atoms with Crippen LogP contribution in [0.4, 0.5) is 0 Å². The molecule has 1 unspecified atom stereocenters. The van der Waals surface area contributed by atoms with Crippen molar-refractivity contribution in [3.05, 3.63) is 24.3 Å². The number of hydrogen-bond donors (Lipinski definition) is 1. The molecule has 1 aliphatic rings. The molecule has 0 spiro atoms. The van der Waals surface area contributed by atoms with Crippen LogP contribution in [0.25, 0.3) is 0 Å². The molecule has 0 aromatic carbocycles. The first-order chi connectivity index (χ1) is 6.95. The van der Waals surface area contributed by atoms with E-state index in [4.69, 9.17) is 0 Å². The van der Waals surface area contributed by atoms with Crippen LogP contribution in [0.15, 0.2) is 18.6 Å². The van der Waals surface area contributed by atoms with Crippen LogP contribution in [0.2, 0.25) is 0 Å². The van der Waals surface area contributed by atoms with Gasteiger partial charge >= 0.3 is 0 Å². The van der Waals surface area contributed by atoms with E-state index in [0.717, 1.165) is 24.7 Å². The predicted octanol–water partition coefficient (Wildman–Crippen LogP) is 1.32. The van der Waals surface area contributed by atoms with E-state index in [-0.39, 0.29) is 0 Å². The second kappa shape index (κ2) is 5.32. The molecule has 1 N–H and O–H groups in total. The van der Waals surface area contributed by atoms with E-state index in [9.17, 15) is 0 Å². The van der Waals surface area contributed by atoms with Crippen molar-refractivity contribution in [1.82, 2.24) is 15.3 Å². The lowest BCUT2D eigenvalue weighted by molar-refractivity contribution is 0.519. The fourth-order valence-corrected chi connectivity index (χ4v) is 2.85. The molecule has 76 valence electrons. The molecule has 1 aromatic rings. The molecule has 1 aliphatic heterocycles. The largest absolute Gasteiger partial charge is 0.311 e. The predicted molar refractivity (Wildman–Crippen MR) is 59.2 cm³/mol. The lowest BCUT2D eigenvalue weighted by atomic mass is 10.1. The van der Waals surface area contributed by atoms with Crippen LogP contribution in [0.1, 0.15) is 12.1 Å². The number of thioether (sulfide) groups is 1. The highest BCUT2D eigenvalue weighted by Gasteiger charge is 2.14. The van der Waals surface area contributed by atoms with Crippen LogP contribution in [-0.4, -0.2) is 28.0 Å². The fourth-order valence-electron chi connectivity index (χ4n) is 1.57. The van der Waals surface area contributed by atoms with Gasteiger partial charge in [0.2, 0.25) is 0 Å². The molecule has 4 heteroatoms. The van der Waals surface area contributed by atoms with Crippen molar-refractivity contribution >= 4 is 11.8 Å². The summed E-state index contributed by atoms with van der Waals surface area (Å²) in [7, 11) is 0. The van der Waals surface area contributed by atoms with Crippen LogP contribution in [-0.2, 0) is 6.54 Å². The molecule has 1 aromatic heterocycles. The third-order valence-corrected chi connectivity index (χ3v) is 3.61. The third kappa shape index (κ3) is 2.96. The highest BCUT2D eigenvalue weighted by Crippen LogP contribution is 2.22. The lowest BCUT2D eigenvalue weighted by Crippen LogP contribution is -2.22. The van der Waals surface area contributed by atoms with Crippen molar-refractivity contribution in [3.63, 3.8) is 0 Å². The van der Waals surface area contributed by atoms with Crippen LogP contribution >= 0.6 is 11.8 Å². The van der Waals surface area contributed by atoms with E-state index >= 15 is 0 Å². The summed E-state index contributed by atoms with van der Waals surface area (Å²) in [5, 5.41) is 3.43. The Balaban J connectivity index is 1.67. The van der Waals surface area contributed by atoms with Gasteiger partial charge in [-0.2, -0.15) is 11.8 Å². The van der Waals surface area contributed by atoms with Gasteiger partial charge in [0.05, 0.1) is 5.69 Å². The number of aromatic nitrogens is 2. The third-order valence-electron chi connectivity index (χ3n) is 2.38. The van der Waals surface area contributed by atoms with Gasteiger partial charge in [0.1, 0.15) is 0 Å². The Morgan fingerprint density at radius 2 is 2.50 bits per heavy atom. The number of rotatable bonds is 4. The first-order valence-electron chi connectivity index (χ1n) is 4.98. The van der Waals surface area contributed by atoms with Crippen molar-refractivity contribution in [3.8, 4) is 0 Å². The second-order valence-corrected chi connectivity index (χ2v) is 4.71. The van der Waals surface area contributed by atoms with Gasteiger partial charge in [-0.05, 0) is 30.4 Å². The maximum atomic E-state index is 4.21. The zero-order valence-corrected chi connectivity index (χ0v) is 8.96. The first kappa shape index (κ1) is 9.93. The van der Waals surface area contributed by atoms with Gasteiger partial charge in [-0.1, -0.05) is 0 Å². The van der Waals surface area contributed by atoms with Gasteiger partial charge in [-0.25, -0.2) is 0 Å². The van der Waals surface area contributed by atoms with E-state index in [1.54, 1.807) is 12.4 Å². The average molecular weight is 209 g/mol. The molecule has 0 aliphatic carbocycles. The summed E-state index contributed by atoms with van der Waals surface area (Å²) in [6.45, 7) is 1.96. The van der Waals surface area contributed by atoms with E-state index < -0.39 is 0 Å². The molecule has 14 heavy (non-hydrogen) atoms. The second-order valence-electron chi connectivity index (χ2n) is 3.56. The minimum atomic E-state index is 0.842. The molecular formula is C10H15N3S. The Labute approximate surface area is 88.7 Å². The maximum Gasteiger partial charge on any atom is 0.0724 e. The van der Waals surface area contributed by atoms with Gasteiger partial charge in [-0.3, -0.25) is 9.97 Å².